The number of nitrogens with one attached hydrogen (secondary N) is 2. The van der Waals surface area contributed by atoms with Crippen molar-refractivity contribution in [3.05, 3.63) is 108 Å². The topological polar surface area (TPSA) is 125 Å². The van der Waals surface area contributed by atoms with Gasteiger partial charge in [0.2, 0.25) is 5.91 Å². The van der Waals surface area contributed by atoms with E-state index in [-0.39, 0.29) is 19.4 Å². The van der Waals surface area contributed by atoms with E-state index in [9.17, 15) is 19.2 Å². The molecule has 0 aliphatic heterocycles. The second kappa shape index (κ2) is 14.4. The van der Waals surface area contributed by atoms with Crippen LogP contribution in [0.15, 0.2) is 91.1 Å². The number of hydrogen-bond donors (Lipinski definition) is 2. The highest BCUT2D eigenvalue weighted by Gasteiger charge is 2.30. The predicted molar refractivity (Wildman–Crippen MR) is 165 cm³/mol. The molecular weight excluding hydrogens is 562 g/mol. The van der Waals surface area contributed by atoms with E-state index in [4.69, 9.17) is 14.2 Å². The van der Waals surface area contributed by atoms with Crippen LogP contribution in [-0.4, -0.2) is 53.4 Å². The third-order valence-corrected chi connectivity index (χ3v) is 6.71. The van der Waals surface area contributed by atoms with Gasteiger partial charge in [-0.3, -0.25) is 9.36 Å². The zero-order valence-electron chi connectivity index (χ0n) is 25.2. The fourth-order valence-electron chi connectivity index (χ4n) is 4.67. The highest BCUT2D eigenvalue weighted by molar-refractivity contribution is 5.94. The fourth-order valence-corrected chi connectivity index (χ4v) is 4.67. The number of nitrogens with zero attached hydrogens (tertiary/aromatic N) is 1. The van der Waals surface area contributed by atoms with Crippen molar-refractivity contribution in [3.8, 4) is 0 Å². The molecule has 0 bridgehead atoms. The standard InChI is InChI=1S/C34H37N3O7/c1-34(2,3)44-33(41)37-21-25(26-17-11-12-18-29(26)37)20-28(31(39)42-4)35-30(38)27(19-23-13-7-5-8-14-23)36-32(40)43-22-24-15-9-6-10-16-24/h5-18,21,27-28H,19-20,22H2,1-4H3,(H,35,38)(H,36,40)/t27-,28+/m1/s1. The summed E-state index contributed by atoms with van der Waals surface area (Å²) in [5.41, 5.74) is 2.09. The van der Waals surface area contributed by atoms with Crippen LogP contribution in [0.4, 0.5) is 9.59 Å². The molecule has 0 saturated heterocycles. The third-order valence-electron chi connectivity index (χ3n) is 6.71. The third kappa shape index (κ3) is 8.70. The Balaban J connectivity index is 1.55. The normalized spacial score (nSPS) is 12.5. The van der Waals surface area contributed by atoms with Crippen LogP contribution < -0.4 is 10.6 Å². The molecule has 3 aromatic carbocycles. The Bertz CT molecular complexity index is 1590. The van der Waals surface area contributed by atoms with Crippen LogP contribution in [0.1, 0.15) is 37.5 Å². The van der Waals surface area contributed by atoms with Gasteiger partial charge in [0.05, 0.1) is 12.6 Å². The molecule has 10 nitrogen and oxygen atoms in total. The average molecular weight is 600 g/mol. The van der Waals surface area contributed by atoms with Crippen LogP contribution in [0.5, 0.6) is 0 Å². The van der Waals surface area contributed by atoms with E-state index in [0.29, 0.717) is 16.5 Å². The van der Waals surface area contributed by atoms with Crippen LogP contribution >= 0.6 is 0 Å². The molecule has 0 aliphatic carbocycles. The smallest absolute Gasteiger partial charge is 0.419 e. The lowest BCUT2D eigenvalue weighted by atomic mass is 10.0. The van der Waals surface area contributed by atoms with Crippen molar-refractivity contribution in [3.63, 3.8) is 0 Å². The van der Waals surface area contributed by atoms with Gasteiger partial charge in [-0.25, -0.2) is 14.4 Å². The Morgan fingerprint density at radius 2 is 1.39 bits per heavy atom. The summed E-state index contributed by atoms with van der Waals surface area (Å²) >= 11 is 0. The van der Waals surface area contributed by atoms with Gasteiger partial charge in [0, 0.05) is 24.4 Å². The Hall–Kier alpha value is -5.12. The summed E-state index contributed by atoms with van der Waals surface area (Å²) in [4.78, 5) is 52.3. The van der Waals surface area contributed by atoms with Crippen molar-refractivity contribution in [1.82, 2.24) is 15.2 Å². The summed E-state index contributed by atoms with van der Waals surface area (Å²) < 4.78 is 17.3. The summed E-state index contributed by atoms with van der Waals surface area (Å²) in [5, 5.41) is 6.10. The van der Waals surface area contributed by atoms with Crippen molar-refractivity contribution < 1.29 is 33.4 Å². The fraction of sp³-hybridized carbons (Fsp3) is 0.294. The molecule has 0 fully saturated rings. The van der Waals surface area contributed by atoms with Crippen molar-refractivity contribution in [1.29, 1.82) is 0 Å². The van der Waals surface area contributed by atoms with Gasteiger partial charge in [-0.15, -0.1) is 0 Å². The zero-order chi connectivity index (χ0) is 31.7. The van der Waals surface area contributed by atoms with Crippen molar-refractivity contribution >= 4 is 35.0 Å². The molecule has 2 amide bonds. The Labute approximate surface area is 256 Å². The number of methoxy groups -OCH3 is 1. The molecule has 0 radical (unpaired) electrons. The van der Waals surface area contributed by atoms with E-state index in [2.05, 4.69) is 10.6 Å². The molecule has 1 heterocycles. The Morgan fingerprint density at radius 1 is 0.773 bits per heavy atom. The van der Waals surface area contributed by atoms with Gasteiger partial charge in [-0.2, -0.15) is 0 Å². The minimum atomic E-state index is -1.12. The molecule has 4 rings (SSSR count). The van der Waals surface area contributed by atoms with E-state index in [1.54, 1.807) is 39.1 Å². The number of rotatable bonds is 10. The molecule has 4 aromatic rings. The molecule has 1 aromatic heterocycles. The molecule has 44 heavy (non-hydrogen) atoms. The lowest BCUT2D eigenvalue weighted by molar-refractivity contribution is -0.145. The van der Waals surface area contributed by atoms with E-state index >= 15 is 0 Å². The molecule has 2 atom stereocenters. The maximum atomic E-state index is 13.6. The summed E-state index contributed by atoms with van der Waals surface area (Å²) in [5.74, 6) is -1.28. The number of hydrogen-bond acceptors (Lipinski definition) is 7. The number of carbonyl (C=O) groups excluding carboxylic acids is 4. The van der Waals surface area contributed by atoms with Crippen LogP contribution in [0, 0.1) is 0 Å². The van der Waals surface area contributed by atoms with Gasteiger partial charge in [-0.05, 0) is 43.5 Å². The number of esters is 1. The van der Waals surface area contributed by atoms with Crippen LogP contribution in [-0.2, 0) is 43.2 Å². The van der Waals surface area contributed by atoms with Gasteiger partial charge in [-0.1, -0.05) is 78.9 Å². The molecule has 0 saturated carbocycles. The lowest BCUT2D eigenvalue weighted by Gasteiger charge is -2.22. The number of carbonyl (C=O) groups is 4. The number of alkyl carbamates (subject to hydrolysis) is 1. The maximum absolute atomic E-state index is 13.6. The summed E-state index contributed by atoms with van der Waals surface area (Å²) in [6.07, 6.45) is 0.422. The van der Waals surface area contributed by atoms with Gasteiger partial charge < -0.3 is 24.8 Å². The second-order valence-corrected chi connectivity index (χ2v) is 11.3. The maximum Gasteiger partial charge on any atom is 0.419 e. The quantitative estimate of drug-likeness (QED) is 0.191. The first kappa shape index (κ1) is 31.8. The molecule has 10 heteroatoms. The molecule has 0 spiro atoms. The second-order valence-electron chi connectivity index (χ2n) is 11.3. The molecule has 2 N–H and O–H groups in total. The van der Waals surface area contributed by atoms with Crippen molar-refractivity contribution in [2.24, 2.45) is 0 Å². The molecule has 0 aliphatic rings. The minimum absolute atomic E-state index is 0.0191. The van der Waals surface area contributed by atoms with Crippen LogP contribution in [0.3, 0.4) is 0 Å². The predicted octanol–water partition coefficient (Wildman–Crippen LogP) is 5.16. The first-order valence-corrected chi connectivity index (χ1v) is 14.3. The van der Waals surface area contributed by atoms with Gasteiger partial charge in [0.15, 0.2) is 0 Å². The number of ether oxygens (including phenoxy) is 3. The average Bonchev–Trinajstić information content (AvgIpc) is 3.37. The highest BCUT2D eigenvalue weighted by atomic mass is 16.6. The monoisotopic (exact) mass is 599 g/mol. The van der Waals surface area contributed by atoms with E-state index in [1.807, 2.05) is 72.8 Å². The SMILES string of the molecule is COC(=O)[C@H](Cc1cn(C(=O)OC(C)(C)C)c2ccccc12)NC(=O)[C@@H](Cc1ccccc1)NC(=O)OCc1ccccc1. The summed E-state index contributed by atoms with van der Waals surface area (Å²) in [6, 6.07) is 23.4. The first-order chi connectivity index (χ1) is 21.0. The minimum Gasteiger partial charge on any atom is -0.467 e. The lowest BCUT2D eigenvalue weighted by Crippen LogP contribution is -2.53. The Kier molecular flexibility index (Phi) is 10.4. The first-order valence-electron chi connectivity index (χ1n) is 14.3. The van der Waals surface area contributed by atoms with Crippen molar-refractivity contribution in [2.75, 3.05) is 7.11 Å². The van der Waals surface area contributed by atoms with Crippen molar-refractivity contribution in [2.45, 2.75) is 57.9 Å². The highest BCUT2D eigenvalue weighted by Crippen LogP contribution is 2.24. The van der Waals surface area contributed by atoms with Gasteiger partial charge in [0.1, 0.15) is 24.3 Å². The number of aromatic nitrogens is 1. The van der Waals surface area contributed by atoms with E-state index in [1.165, 1.54) is 11.7 Å². The molecular formula is C34H37N3O7. The van der Waals surface area contributed by atoms with Crippen LogP contribution in [0.25, 0.3) is 10.9 Å². The van der Waals surface area contributed by atoms with Gasteiger partial charge in [0.25, 0.3) is 0 Å². The molecule has 0 unspecified atom stereocenters. The van der Waals surface area contributed by atoms with E-state index < -0.39 is 41.7 Å². The number of para-hydroxylation sites is 1. The van der Waals surface area contributed by atoms with E-state index in [0.717, 1.165) is 11.1 Å². The summed E-state index contributed by atoms with van der Waals surface area (Å²) in [7, 11) is 1.23. The van der Waals surface area contributed by atoms with Crippen LogP contribution in [0.2, 0.25) is 0 Å². The Morgan fingerprint density at radius 3 is 2.02 bits per heavy atom. The number of fused-ring (bicyclic) bond motifs is 1. The van der Waals surface area contributed by atoms with Gasteiger partial charge >= 0.3 is 18.2 Å². The largest absolute Gasteiger partial charge is 0.467 e. The zero-order valence-corrected chi connectivity index (χ0v) is 25.2. The summed E-state index contributed by atoms with van der Waals surface area (Å²) in [6.45, 7) is 5.35. The molecule has 230 valence electrons. The number of benzene rings is 3. The number of amides is 2.